The Morgan fingerprint density at radius 2 is 1.84 bits per heavy atom. The molecule has 1 aliphatic rings. The van der Waals surface area contributed by atoms with Gasteiger partial charge in [0.1, 0.15) is 0 Å². The van der Waals surface area contributed by atoms with Gasteiger partial charge in [-0.1, -0.05) is 12.1 Å². The van der Waals surface area contributed by atoms with Crippen molar-refractivity contribution in [3.8, 4) is 0 Å². The largest absolute Gasteiger partial charge is 0.349 e. The highest BCUT2D eigenvalue weighted by Crippen LogP contribution is 2.23. The van der Waals surface area contributed by atoms with E-state index < -0.39 is 0 Å². The van der Waals surface area contributed by atoms with Gasteiger partial charge >= 0.3 is 0 Å². The predicted octanol–water partition coefficient (Wildman–Crippen LogP) is 3.02. The summed E-state index contributed by atoms with van der Waals surface area (Å²) in [6.45, 7) is 2.00. The van der Waals surface area contributed by atoms with Crippen LogP contribution in [0.5, 0.6) is 0 Å². The normalized spacial score (nSPS) is 23.1. The minimum absolute atomic E-state index is 0.0310. The molecule has 0 radical (unpaired) electrons. The zero-order chi connectivity index (χ0) is 13.8. The van der Waals surface area contributed by atoms with Crippen LogP contribution in [0.25, 0.3) is 0 Å². The van der Waals surface area contributed by atoms with Gasteiger partial charge in [0.15, 0.2) is 0 Å². The van der Waals surface area contributed by atoms with Crippen LogP contribution in [0.4, 0.5) is 0 Å². The van der Waals surface area contributed by atoms with Gasteiger partial charge in [-0.3, -0.25) is 4.79 Å². The fraction of sp³-hybridized carbons (Fsp3) is 0.533. The Labute approximate surface area is 123 Å². The highest BCUT2D eigenvalue weighted by Gasteiger charge is 2.22. The van der Waals surface area contributed by atoms with Crippen LogP contribution < -0.4 is 10.6 Å². The Bertz CT molecular complexity index is 453. The molecule has 0 unspecified atom stereocenters. The van der Waals surface area contributed by atoms with Crippen LogP contribution in [0.15, 0.2) is 22.7 Å². The number of carbonyl (C=O) groups is 1. The third-order valence-electron chi connectivity index (χ3n) is 3.91. The van der Waals surface area contributed by atoms with Crippen molar-refractivity contribution in [1.82, 2.24) is 10.6 Å². The van der Waals surface area contributed by atoms with Gasteiger partial charge in [0, 0.05) is 16.6 Å². The van der Waals surface area contributed by atoms with E-state index in [4.69, 9.17) is 0 Å². The molecule has 1 aromatic rings. The van der Waals surface area contributed by atoms with Crippen molar-refractivity contribution >= 4 is 21.8 Å². The second kappa shape index (κ2) is 6.53. The second-order valence-electron chi connectivity index (χ2n) is 5.25. The average molecular weight is 325 g/mol. The summed E-state index contributed by atoms with van der Waals surface area (Å²) >= 11 is 3.50. The van der Waals surface area contributed by atoms with Gasteiger partial charge in [-0.2, -0.15) is 0 Å². The first-order valence-corrected chi connectivity index (χ1v) is 7.64. The molecule has 0 bridgehead atoms. The third kappa shape index (κ3) is 3.57. The number of hydrogen-bond donors (Lipinski definition) is 2. The number of nitrogens with one attached hydrogen (secondary N) is 2. The summed E-state index contributed by atoms with van der Waals surface area (Å²) in [4.78, 5) is 12.3. The molecular weight excluding hydrogens is 304 g/mol. The molecule has 1 amide bonds. The van der Waals surface area contributed by atoms with E-state index in [9.17, 15) is 4.79 Å². The summed E-state index contributed by atoms with van der Waals surface area (Å²) in [6, 6.07) is 6.71. The smallest absolute Gasteiger partial charge is 0.252 e. The van der Waals surface area contributed by atoms with Crippen molar-refractivity contribution < 1.29 is 4.79 Å². The van der Waals surface area contributed by atoms with Gasteiger partial charge in [0.25, 0.3) is 5.91 Å². The Hall–Kier alpha value is -0.870. The SMILES string of the molecule is CNC1CCC(NC(=O)c2cccc(C)c2Br)CC1. The Kier molecular flexibility index (Phi) is 4.99. The van der Waals surface area contributed by atoms with E-state index in [-0.39, 0.29) is 5.91 Å². The van der Waals surface area contributed by atoms with Crippen molar-refractivity contribution in [3.63, 3.8) is 0 Å². The topological polar surface area (TPSA) is 41.1 Å². The summed E-state index contributed by atoms with van der Waals surface area (Å²) in [5, 5.41) is 6.46. The fourth-order valence-corrected chi connectivity index (χ4v) is 3.06. The van der Waals surface area contributed by atoms with E-state index >= 15 is 0 Å². The fourth-order valence-electron chi connectivity index (χ4n) is 2.61. The van der Waals surface area contributed by atoms with Gasteiger partial charge in [0.2, 0.25) is 0 Å². The van der Waals surface area contributed by atoms with Crippen LogP contribution >= 0.6 is 15.9 Å². The number of halogens is 1. The lowest BCUT2D eigenvalue weighted by atomic mass is 9.91. The molecule has 104 valence electrons. The monoisotopic (exact) mass is 324 g/mol. The van der Waals surface area contributed by atoms with Crippen LogP contribution in [-0.4, -0.2) is 25.0 Å². The van der Waals surface area contributed by atoms with Gasteiger partial charge in [-0.25, -0.2) is 0 Å². The maximum atomic E-state index is 12.3. The van der Waals surface area contributed by atoms with Crippen molar-refractivity contribution in [2.75, 3.05) is 7.05 Å². The molecular formula is C15H21BrN2O. The lowest BCUT2D eigenvalue weighted by molar-refractivity contribution is 0.0924. The van der Waals surface area contributed by atoms with Crippen LogP contribution in [0.1, 0.15) is 41.6 Å². The second-order valence-corrected chi connectivity index (χ2v) is 6.04. The highest BCUT2D eigenvalue weighted by atomic mass is 79.9. The predicted molar refractivity (Wildman–Crippen MR) is 81.4 cm³/mol. The standard InChI is InChI=1S/C15H21BrN2O/c1-10-4-3-5-13(14(10)16)15(19)18-12-8-6-11(17-2)7-9-12/h3-5,11-12,17H,6-9H2,1-2H3,(H,18,19). The number of benzene rings is 1. The Balaban J connectivity index is 1.96. The molecule has 1 aromatic carbocycles. The lowest BCUT2D eigenvalue weighted by Gasteiger charge is -2.29. The molecule has 0 atom stereocenters. The van der Waals surface area contributed by atoms with E-state index in [0.29, 0.717) is 12.1 Å². The van der Waals surface area contributed by atoms with E-state index in [1.54, 1.807) is 0 Å². The van der Waals surface area contributed by atoms with E-state index in [1.165, 1.54) is 0 Å². The maximum absolute atomic E-state index is 12.3. The molecule has 1 saturated carbocycles. The highest BCUT2D eigenvalue weighted by molar-refractivity contribution is 9.10. The lowest BCUT2D eigenvalue weighted by Crippen LogP contribution is -2.41. The molecule has 4 heteroatoms. The Morgan fingerprint density at radius 1 is 1.21 bits per heavy atom. The first kappa shape index (κ1) is 14.5. The van der Waals surface area contributed by atoms with Gasteiger partial charge in [-0.15, -0.1) is 0 Å². The summed E-state index contributed by atoms with van der Waals surface area (Å²) in [5.41, 5.74) is 1.82. The maximum Gasteiger partial charge on any atom is 0.252 e. The third-order valence-corrected chi connectivity index (χ3v) is 4.96. The van der Waals surface area contributed by atoms with E-state index in [1.807, 2.05) is 32.2 Å². The van der Waals surface area contributed by atoms with Crippen LogP contribution in [-0.2, 0) is 0 Å². The first-order chi connectivity index (χ1) is 9.11. The number of rotatable bonds is 3. The van der Waals surface area contributed by atoms with Crippen molar-refractivity contribution in [2.24, 2.45) is 0 Å². The summed E-state index contributed by atoms with van der Waals surface area (Å²) < 4.78 is 0.899. The van der Waals surface area contributed by atoms with Crippen LogP contribution in [0.3, 0.4) is 0 Å². The molecule has 2 N–H and O–H groups in total. The number of carbonyl (C=O) groups excluding carboxylic acids is 1. The molecule has 1 aliphatic carbocycles. The Morgan fingerprint density at radius 3 is 2.47 bits per heavy atom. The number of amides is 1. The van der Waals surface area contributed by atoms with Crippen LogP contribution in [0.2, 0.25) is 0 Å². The molecule has 2 rings (SSSR count). The summed E-state index contributed by atoms with van der Waals surface area (Å²) in [5.74, 6) is 0.0310. The van der Waals surface area contributed by atoms with Gasteiger partial charge < -0.3 is 10.6 Å². The molecule has 0 aromatic heterocycles. The minimum Gasteiger partial charge on any atom is -0.349 e. The zero-order valence-electron chi connectivity index (χ0n) is 11.5. The van der Waals surface area contributed by atoms with Gasteiger partial charge in [0.05, 0.1) is 5.56 Å². The van der Waals surface area contributed by atoms with E-state index in [2.05, 4.69) is 26.6 Å². The summed E-state index contributed by atoms with van der Waals surface area (Å²) in [7, 11) is 2.01. The molecule has 0 spiro atoms. The molecule has 0 aliphatic heterocycles. The van der Waals surface area contributed by atoms with Crippen molar-refractivity contribution in [2.45, 2.75) is 44.7 Å². The molecule has 19 heavy (non-hydrogen) atoms. The van der Waals surface area contributed by atoms with Crippen LogP contribution in [0, 0.1) is 6.92 Å². The quantitative estimate of drug-likeness (QED) is 0.897. The van der Waals surface area contributed by atoms with Crippen molar-refractivity contribution in [1.29, 1.82) is 0 Å². The van der Waals surface area contributed by atoms with E-state index in [0.717, 1.165) is 41.3 Å². The van der Waals surface area contributed by atoms with Gasteiger partial charge in [-0.05, 0) is 67.2 Å². The van der Waals surface area contributed by atoms with Crippen molar-refractivity contribution in [3.05, 3.63) is 33.8 Å². The zero-order valence-corrected chi connectivity index (χ0v) is 13.1. The molecule has 0 saturated heterocycles. The average Bonchev–Trinajstić information content (AvgIpc) is 2.42. The number of aryl methyl sites for hydroxylation is 1. The number of hydrogen-bond acceptors (Lipinski definition) is 2. The molecule has 0 heterocycles. The molecule has 1 fully saturated rings. The first-order valence-electron chi connectivity index (χ1n) is 6.85. The minimum atomic E-state index is 0.0310. The summed E-state index contributed by atoms with van der Waals surface area (Å²) in [6.07, 6.45) is 4.38. The molecule has 3 nitrogen and oxygen atoms in total.